The zero-order valence-electron chi connectivity index (χ0n) is 11.4. The van der Waals surface area contributed by atoms with Crippen molar-refractivity contribution in [3.05, 3.63) is 28.8 Å². The normalized spacial score (nSPS) is 16.1. The first-order chi connectivity index (χ1) is 9.66. The summed E-state index contributed by atoms with van der Waals surface area (Å²) in [6, 6.07) is 4.41. The molecule has 5 heteroatoms. The number of amides is 1. The van der Waals surface area contributed by atoms with Crippen molar-refractivity contribution in [2.24, 2.45) is 0 Å². The molecule has 1 amide bonds. The molecule has 0 unspecified atom stereocenters. The van der Waals surface area contributed by atoms with Gasteiger partial charge in [-0.25, -0.2) is 0 Å². The van der Waals surface area contributed by atoms with Crippen LogP contribution in [0.5, 0.6) is 5.75 Å². The molecule has 0 saturated heterocycles. The molecule has 0 heterocycles. The summed E-state index contributed by atoms with van der Waals surface area (Å²) >= 11 is 5.81. The number of aromatic hydroxyl groups is 1. The van der Waals surface area contributed by atoms with Crippen molar-refractivity contribution in [3.8, 4) is 5.75 Å². The average Bonchev–Trinajstić information content (AvgIpc) is 2.47. The second-order valence-electron chi connectivity index (χ2n) is 5.05. The third-order valence-corrected chi connectivity index (χ3v) is 3.73. The first kappa shape index (κ1) is 15.1. The Labute approximate surface area is 124 Å². The van der Waals surface area contributed by atoms with E-state index in [0.29, 0.717) is 24.3 Å². The van der Waals surface area contributed by atoms with Gasteiger partial charge in [-0.1, -0.05) is 30.9 Å². The highest BCUT2D eigenvalue weighted by Crippen LogP contribution is 2.21. The fraction of sp³-hybridized carbons (Fsp3) is 0.533. The molecule has 0 atom stereocenters. The Morgan fingerprint density at radius 1 is 1.35 bits per heavy atom. The van der Waals surface area contributed by atoms with E-state index in [9.17, 15) is 9.90 Å². The lowest BCUT2D eigenvalue weighted by Gasteiger charge is -2.22. The summed E-state index contributed by atoms with van der Waals surface area (Å²) in [7, 11) is 0. The average molecular weight is 298 g/mol. The van der Waals surface area contributed by atoms with Gasteiger partial charge < -0.3 is 15.2 Å². The molecule has 2 N–H and O–H groups in total. The van der Waals surface area contributed by atoms with Gasteiger partial charge in [-0.3, -0.25) is 4.79 Å². The molecule has 0 radical (unpaired) electrons. The molecule has 1 saturated carbocycles. The molecule has 2 rings (SSSR count). The molecule has 1 aliphatic carbocycles. The van der Waals surface area contributed by atoms with Crippen LogP contribution in [-0.2, 0) is 4.74 Å². The Hall–Kier alpha value is -1.26. The number of carbonyl (C=O) groups is 1. The summed E-state index contributed by atoms with van der Waals surface area (Å²) in [5.41, 5.74) is 0.190. The lowest BCUT2D eigenvalue weighted by Crippen LogP contribution is -2.29. The summed E-state index contributed by atoms with van der Waals surface area (Å²) < 4.78 is 5.72. The summed E-state index contributed by atoms with van der Waals surface area (Å²) in [6.07, 6.45) is 6.32. The molecule has 0 spiro atoms. The Morgan fingerprint density at radius 2 is 2.10 bits per heavy atom. The third kappa shape index (κ3) is 4.39. The van der Waals surface area contributed by atoms with E-state index in [-0.39, 0.29) is 17.2 Å². The van der Waals surface area contributed by atoms with Gasteiger partial charge in [-0.05, 0) is 31.0 Å². The highest BCUT2D eigenvalue weighted by Gasteiger charge is 2.14. The topological polar surface area (TPSA) is 58.6 Å². The molecule has 1 aromatic carbocycles. The maximum atomic E-state index is 11.9. The van der Waals surface area contributed by atoms with Crippen molar-refractivity contribution in [2.75, 3.05) is 13.2 Å². The van der Waals surface area contributed by atoms with Gasteiger partial charge in [0.1, 0.15) is 5.75 Å². The zero-order chi connectivity index (χ0) is 14.4. The van der Waals surface area contributed by atoms with Crippen molar-refractivity contribution in [3.63, 3.8) is 0 Å². The Bertz CT molecular complexity index is 458. The molecule has 0 bridgehead atoms. The first-order valence-corrected chi connectivity index (χ1v) is 7.43. The summed E-state index contributed by atoms with van der Waals surface area (Å²) in [5, 5.41) is 12.8. The fourth-order valence-electron chi connectivity index (χ4n) is 2.41. The predicted octanol–water partition coefficient (Wildman–Crippen LogP) is 3.12. The highest BCUT2D eigenvalue weighted by atomic mass is 35.5. The van der Waals surface area contributed by atoms with Gasteiger partial charge >= 0.3 is 0 Å². The Morgan fingerprint density at radius 3 is 2.85 bits per heavy atom. The third-order valence-electron chi connectivity index (χ3n) is 3.50. The molecule has 0 aliphatic heterocycles. The predicted molar refractivity (Wildman–Crippen MR) is 78.3 cm³/mol. The van der Waals surface area contributed by atoms with Crippen LogP contribution >= 0.6 is 11.6 Å². The molecular weight excluding hydrogens is 278 g/mol. The van der Waals surface area contributed by atoms with Gasteiger partial charge in [0, 0.05) is 11.6 Å². The van der Waals surface area contributed by atoms with E-state index >= 15 is 0 Å². The molecule has 1 fully saturated rings. The van der Waals surface area contributed by atoms with Crippen LogP contribution < -0.4 is 5.32 Å². The minimum absolute atomic E-state index is 0.0694. The largest absolute Gasteiger partial charge is 0.507 e. The first-order valence-electron chi connectivity index (χ1n) is 7.05. The maximum absolute atomic E-state index is 11.9. The van der Waals surface area contributed by atoms with Crippen molar-refractivity contribution in [1.29, 1.82) is 0 Å². The van der Waals surface area contributed by atoms with Gasteiger partial charge in [0.2, 0.25) is 0 Å². The molecular formula is C15H20ClNO3. The van der Waals surface area contributed by atoms with Crippen molar-refractivity contribution in [2.45, 2.75) is 38.2 Å². The fourth-order valence-corrected chi connectivity index (χ4v) is 2.58. The van der Waals surface area contributed by atoms with E-state index in [1.54, 1.807) is 6.07 Å². The van der Waals surface area contributed by atoms with E-state index < -0.39 is 0 Å². The Balaban J connectivity index is 1.73. The van der Waals surface area contributed by atoms with Crippen LogP contribution in [0.15, 0.2) is 18.2 Å². The number of rotatable bonds is 5. The van der Waals surface area contributed by atoms with E-state index in [4.69, 9.17) is 16.3 Å². The second-order valence-corrected chi connectivity index (χ2v) is 5.48. The van der Waals surface area contributed by atoms with Crippen LogP contribution in [0.1, 0.15) is 42.5 Å². The zero-order valence-corrected chi connectivity index (χ0v) is 12.2. The summed E-state index contributed by atoms with van der Waals surface area (Å²) in [6.45, 7) is 0.930. The molecule has 110 valence electrons. The molecule has 0 aromatic heterocycles. The van der Waals surface area contributed by atoms with Crippen LogP contribution in [-0.4, -0.2) is 30.3 Å². The SMILES string of the molecule is O=C(NCCOC1CCCCC1)c1cc(Cl)ccc1O. The quantitative estimate of drug-likeness (QED) is 0.821. The van der Waals surface area contributed by atoms with Gasteiger partial charge in [-0.2, -0.15) is 0 Å². The van der Waals surface area contributed by atoms with Crippen molar-refractivity contribution >= 4 is 17.5 Å². The van der Waals surface area contributed by atoms with E-state index in [1.165, 1.54) is 31.4 Å². The van der Waals surface area contributed by atoms with E-state index in [1.807, 2.05) is 0 Å². The van der Waals surface area contributed by atoms with Crippen LogP contribution in [0.4, 0.5) is 0 Å². The van der Waals surface area contributed by atoms with Crippen molar-refractivity contribution < 1.29 is 14.6 Å². The number of phenols is 1. The Kier molecular flexibility index (Phi) is 5.68. The van der Waals surface area contributed by atoms with Gasteiger partial charge in [0.25, 0.3) is 5.91 Å². The summed E-state index contributed by atoms with van der Waals surface area (Å²) in [4.78, 5) is 11.9. The number of ether oxygens (including phenoxy) is 1. The summed E-state index contributed by atoms with van der Waals surface area (Å²) in [5.74, 6) is -0.405. The minimum atomic E-state index is -0.336. The number of hydrogen-bond donors (Lipinski definition) is 2. The molecule has 1 aromatic rings. The lowest BCUT2D eigenvalue weighted by atomic mass is 9.98. The maximum Gasteiger partial charge on any atom is 0.255 e. The van der Waals surface area contributed by atoms with Gasteiger partial charge in [-0.15, -0.1) is 0 Å². The van der Waals surface area contributed by atoms with Crippen LogP contribution in [0.25, 0.3) is 0 Å². The van der Waals surface area contributed by atoms with Crippen LogP contribution in [0.2, 0.25) is 5.02 Å². The van der Waals surface area contributed by atoms with E-state index in [0.717, 1.165) is 12.8 Å². The number of halogens is 1. The molecule has 1 aliphatic rings. The number of hydrogen-bond acceptors (Lipinski definition) is 3. The molecule has 20 heavy (non-hydrogen) atoms. The van der Waals surface area contributed by atoms with Crippen LogP contribution in [0, 0.1) is 0 Å². The minimum Gasteiger partial charge on any atom is -0.507 e. The number of nitrogens with one attached hydrogen (secondary N) is 1. The van der Waals surface area contributed by atoms with Gasteiger partial charge in [0.15, 0.2) is 0 Å². The lowest BCUT2D eigenvalue weighted by molar-refractivity contribution is 0.0299. The smallest absolute Gasteiger partial charge is 0.255 e. The van der Waals surface area contributed by atoms with Gasteiger partial charge in [0.05, 0.1) is 18.3 Å². The number of phenolic OH excluding ortho intramolecular Hbond substituents is 1. The number of benzene rings is 1. The standard InChI is InChI=1S/C15H20ClNO3/c16-11-6-7-14(18)13(10-11)15(19)17-8-9-20-12-4-2-1-3-5-12/h6-7,10,12,18H,1-5,8-9H2,(H,17,19). The van der Waals surface area contributed by atoms with E-state index in [2.05, 4.69) is 5.32 Å². The van der Waals surface area contributed by atoms with Crippen LogP contribution in [0.3, 0.4) is 0 Å². The molecule has 4 nitrogen and oxygen atoms in total. The highest BCUT2D eigenvalue weighted by molar-refractivity contribution is 6.31. The second kappa shape index (κ2) is 7.50. The van der Waals surface area contributed by atoms with Crippen molar-refractivity contribution in [1.82, 2.24) is 5.32 Å². The number of carbonyl (C=O) groups excluding carboxylic acids is 1. The monoisotopic (exact) mass is 297 g/mol.